The molecule has 0 fully saturated rings. The zero-order valence-corrected chi connectivity index (χ0v) is 12.8. The van der Waals surface area contributed by atoms with Gasteiger partial charge in [-0.05, 0) is 42.5 Å². The molecule has 2 aromatic carbocycles. The predicted molar refractivity (Wildman–Crippen MR) is 83.6 cm³/mol. The molecule has 0 amide bonds. The molecule has 5 heteroatoms. The monoisotopic (exact) mass is 322 g/mol. The minimum Gasteiger partial charge on any atom is -0.455 e. The molecule has 0 saturated carbocycles. The molecule has 0 aliphatic heterocycles. The third kappa shape index (κ3) is 2.61. The van der Waals surface area contributed by atoms with Crippen LogP contribution in [-0.2, 0) is 10.8 Å². The van der Waals surface area contributed by atoms with Crippen LogP contribution in [0.4, 0.5) is 4.39 Å². The molecule has 1 unspecified atom stereocenters. The predicted octanol–water partition coefficient (Wildman–Crippen LogP) is 5.02. The molecule has 0 radical (unpaired) electrons. The Labute approximate surface area is 129 Å². The van der Waals surface area contributed by atoms with Crippen LogP contribution in [0.25, 0.3) is 22.3 Å². The lowest BCUT2D eigenvalue weighted by molar-refractivity contribution is 0.615. The summed E-state index contributed by atoms with van der Waals surface area (Å²) >= 11 is 5.89. The second kappa shape index (κ2) is 5.62. The Balaban J connectivity index is 2.30. The first-order chi connectivity index (χ1) is 10.1. The first kappa shape index (κ1) is 14.3. The lowest BCUT2D eigenvalue weighted by atomic mass is 10.1. The van der Waals surface area contributed by atoms with Gasteiger partial charge in [0.05, 0.1) is 15.7 Å². The third-order valence-corrected chi connectivity index (χ3v) is 4.84. The zero-order valence-electron chi connectivity index (χ0n) is 11.2. The Morgan fingerprint density at radius 2 is 1.90 bits per heavy atom. The van der Waals surface area contributed by atoms with E-state index in [2.05, 4.69) is 0 Å². The van der Waals surface area contributed by atoms with E-state index in [0.29, 0.717) is 32.4 Å². The van der Waals surface area contributed by atoms with E-state index in [9.17, 15) is 8.60 Å². The average molecular weight is 323 g/mol. The van der Waals surface area contributed by atoms with E-state index in [0.717, 1.165) is 5.56 Å². The second-order valence-electron chi connectivity index (χ2n) is 4.54. The van der Waals surface area contributed by atoms with Gasteiger partial charge in [0.1, 0.15) is 11.4 Å². The highest BCUT2D eigenvalue weighted by molar-refractivity contribution is 7.85. The van der Waals surface area contributed by atoms with Crippen LogP contribution in [0.1, 0.15) is 6.92 Å². The van der Waals surface area contributed by atoms with Crippen LogP contribution in [0.2, 0.25) is 5.02 Å². The number of hydrogen-bond donors (Lipinski definition) is 0. The molecule has 0 aliphatic rings. The Bertz CT molecular complexity index is 824. The number of rotatable bonds is 3. The normalized spacial score (nSPS) is 12.7. The largest absolute Gasteiger partial charge is 0.455 e. The van der Waals surface area contributed by atoms with Crippen LogP contribution in [-0.4, -0.2) is 9.96 Å². The Hall–Kier alpha value is -1.65. The van der Waals surface area contributed by atoms with Gasteiger partial charge in [-0.15, -0.1) is 0 Å². The summed E-state index contributed by atoms with van der Waals surface area (Å²) < 4.78 is 31.7. The number of furan rings is 1. The fraction of sp³-hybridized carbons (Fsp3) is 0.125. The minimum atomic E-state index is -1.25. The van der Waals surface area contributed by atoms with Crippen LogP contribution >= 0.6 is 11.6 Å². The average Bonchev–Trinajstić information content (AvgIpc) is 2.85. The third-order valence-electron chi connectivity index (χ3n) is 3.20. The smallest absolute Gasteiger partial charge is 0.151 e. The minimum absolute atomic E-state index is 0.375. The highest BCUT2D eigenvalue weighted by Gasteiger charge is 2.20. The maximum absolute atomic E-state index is 13.5. The van der Waals surface area contributed by atoms with Gasteiger partial charge in [0.2, 0.25) is 0 Å². The molecule has 3 rings (SSSR count). The molecule has 0 aliphatic carbocycles. The van der Waals surface area contributed by atoms with E-state index < -0.39 is 10.8 Å². The van der Waals surface area contributed by atoms with Gasteiger partial charge < -0.3 is 4.42 Å². The summed E-state index contributed by atoms with van der Waals surface area (Å²) in [6.07, 6.45) is 0. The van der Waals surface area contributed by atoms with Gasteiger partial charge in [-0.1, -0.05) is 18.5 Å². The molecular formula is C16H12ClFO2S. The Morgan fingerprint density at radius 1 is 1.19 bits per heavy atom. The van der Waals surface area contributed by atoms with Crippen molar-refractivity contribution in [3.05, 3.63) is 53.3 Å². The Morgan fingerprint density at radius 3 is 2.57 bits per heavy atom. The van der Waals surface area contributed by atoms with Crippen LogP contribution < -0.4 is 0 Å². The van der Waals surface area contributed by atoms with Crippen LogP contribution in [0.3, 0.4) is 0 Å². The second-order valence-corrected chi connectivity index (χ2v) is 6.65. The van der Waals surface area contributed by atoms with Crippen LogP contribution in [0.15, 0.2) is 51.8 Å². The van der Waals surface area contributed by atoms with Gasteiger partial charge in [-0.3, -0.25) is 4.21 Å². The van der Waals surface area contributed by atoms with Gasteiger partial charge in [-0.25, -0.2) is 4.39 Å². The lowest BCUT2D eigenvalue weighted by Crippen LogP contribution is -1.95. The molecule has 108 valence electrons. The van der Waals surface area contributed by atoms with E-state index in [1.165, 1.54) is 12.1 Å². The molecule has 0 saturated heterocycles. The van der Waals surface area contributed by atoms with E-state index in [1.54, 1.807) is 30.3 Å². The molecule has 0 spiro atoms. The van der Waals surface area contributed by atoms with Gasteiger partial charge in [0.25, 0.3) is 0 Å². The van der Waals surface area contributed by atoms with Crippen molar-refractivity contribution < 1.29 is 13.0 Å². The van der Waals surface area contributed by atoms with E-state index in [-0.39, 0.29) is 5.82 Å². The molecule has 1 aromatic heterocycles. The number of benzene rings is 2. The first-order valence-electron chi connectivity index (χ1n) is 6.46. The summed E-state index contributed by atoms with van der Waals surface area (Å²) in [6, 6.07) is 11.3. The maximum Gasteiger partial charge on any atom is 0.151 e. The zero-order chi connectivity index (χ0) is 15.0. The highest BCUT2D eigenvalue weighted by Crippen LogP contribution is 2.36. The Kier molecular flexibility index (Phi) is 3.83. The van der Waals surface area contributed by atoms with Gasteiger partial charge in [0, 0.05) is 21.7 Å². The molecule has 3 aromatic rings. The van der Waals surface area contributed by atoms with Crippen molar-refractivity contribution in [3.63, 3.8) is 0 Å². The number of halogens is 2. The quantitative estimate of drug-likeness (QED) is 0.677. The number of hydrogen-bond acceptors (Lipinski definition) is 2. The summed E-state index contributed by atoms with van der Waals surface area (Å²) in [5.74, 6) is 0.568. The molecule has 2 nitrogen and oxygen atoms in total. The summed E-state index contributed by atoms with van der Waals surface area (Å²) in [5.41, 5.74) is 1.30. The summed E-state index contributed by atoms with van der Waals surface area (Å²) in [6.45, 7) is 1.82. The van der Waals surface area contributed by atoms with Gasteiger partial charge >= 0.3 is 0 Å². The summed E-state index contributed by atoms with van der Waals surface area (Å²) in [4.78, 5) is 0.536. The van der Waals surface area contributed by atoms with Crippen molar-refractivity contribution in [1.82, 2.24) is 0 Å². The first-order valence-corrected chi connectivity index (χ1v) is 8.16. The van der Waals surface area contributed by atoms with Crippen molar-refractivity contribution in [2.24, 2.45) is 0 Å². The molecule has 1 heterocycles. The molecule has 0 N–H and O–H groups in total. The van der Waals surface area contributed by atoms with Crippen LogP contribution in [0.5, 0.6) is 0 Å². The van der Waals surface area contributed by atoms with Crippen molar-refractivity contribution in [3.8, 4) is 11.3 Å². The maximum atomic E-state index is 13.5. The van der Waals surface area contributed by atoms with Crippen LogP contribution in [0, 0.1) is 5.82 Å². The van der Waals surface area contributed by atoms with Gasteiger partial charge in [0.15, 0.2) is 5.76 Å². The number of fused-ring (bicyclic) bond motifs is 1. The fourth-order valence-corrected chi connectivity index (χ4v) is 3.39. The van der Waals surface area contributed by atoms with Crippen molar-refractivity contribution in [2.45, 2.75) is 11.8 Å². The molecule has 0 bridgehead atoms. The van der Waals surface area contributed by atoms with E-state index >= 15 is 0 Å². The van der Waals surface area contributed by atoms with E-state index in [4.69, 9.17) is 16.0 Å². The summed E-state index contributed by atoms with van der Waals surface area (Å²) in [7, 11) is -1.25. The molecule has 21 heavy (non-hydrogen) atoms. The van der Waals surface area contributed by atoms with E-state index in [1.807, 2.05) is 6.92 Å². The molecular weight excluding hydrogens is 311 g/mol. The molecule has 1 atom stereocenters. The van der Waals surface area contributed by atoms with Gasteiger partial charge in [-0.2, -0.15) is 0 Å². The highest BCUT2D eigenvalue weighted by atomic mass is 35.5. The van der Waals surface area contributed by atoms with Crippen molar-refractivity contribution >= 4 is 33.4 Å². The lowest BCUT2D eigenvalue weighted by Gasteiger charge is -2.02. The topological polar surface area (TPSA) is 30.2 Å². The SMILES string of the molecule is CCS(=O)c1c(-c2ccc(Cl)cc2)oc2ccc(F)cc12. The fourth-order valence-electron chi connectivity index (χ4n) is 2.21. The van der Waals surface area contributed by atoms with Crippen molar-refractivity contribution in [1.29, 1.82) is 0 Å². The summed E-state index contributed by atoms with van der Waals surface area (Å²) in [5, 5.41) is 1.17. The standard InChI is InChI=1S/C16H12ClFO2S/c1-2-21(19)16-13-9-12(18)7-8-14(13)20-15(16)10-3-5-11(17)6-4-10/h3-9H,2H2,1H3. The van der Waals surface area contributed by atoms with Crippen molar-refractivity contribution in [2.75, 3.05) is 5.75 Å².